The molecule has 2 aromatic rings. The molecule has 0 saturated carbocycles. The van der Waals surface area contributed by atoms with Crippen molar-refractivity contribution >= 4 is 39.8 Å². The van der Waals surface area contributed by atoms with Crippen molar-refractivity contribution in [3.05, 3.63) is 33.4 Å². The molecule has 2 aromatic heterocycles. The van der Waals surface area contributed by atoms with Gasteiger partial charge in [0.15, 0.2) is 0 Å². The zero-order valence-corrected chi connectivity index (χ0v) is 17.2. The van der Waals surface area contributed by atoms with Gasteiger partial charge in [0.2, 0.25) is 5.91 Å². The van der Waals surface area contributed by atoms with Crippen molar-refractivity contribution < 1.29 is 14.3 Å². The van der Waals surface area contributed by atoms with E-state index in [1.54, 1.807) is 17.1 Å². The Morgan fingerprint density at radius 3 is 2.89 bits per heavy atom. The molecule has 6 nitrogen and oxygen atoms in total. The summed E-state index contributed by atoms with van der Waals surface area (Å²) >= 11 is 7.38. The van der Waals surface area contributed by atoms with E-state index in [0.29, 0.717) is 28.7 Å². The molecule has 2 heterocycles. The lowest BCUT2D eigenvalue weighted by molar-refractivity contribution is -0.119. The molecule has 1 aliphatic carbocycles. The summed E-state index contributed by atoms with van der Waals surface area (Å²) in [5.74, 6) is -0.803. The predicted octanol–water partition coefficient (Wildman–Crippen LogP) is 4.32. The van der Waals surface area contributed by atoms with Crippen molar-refractivity contribution in [2.24, 2.45) is 5.92 Å². The van der Waals surface area contributed by atoms with Gasteiger partial charge in [-0.3, -0.25) is 9.48 Å². The number of amides is 1. The lowest BCUT2D eigenvalue weighted by atomic mass is 9.95. The van der Waals surface area contributed by atoms with E-state index in [2.05, 4.69) is 10.4 Å². The molecule has 0 spiro atoms. The Morgan fingerprint density at radius 1 is 1.41 bits per heavy atom. The molecule has 146 valence electrons. The summed E-state index contributed by atoms with van der Waals surface area (Å²) in [7, 11) is 0. The summed E-state index contributed by atoms with van der Waals surface area (Å²) < 4.78 is 7.01. The second-order valence-corrected chi connectivity index (χ2v) is 8.36. The second kappa shape index (κ2) is 8.89. The van der Waals surface area contributed by atoms with E-state index in [9.17, 15) is 9.59 Å². The van der Waals surface area contributed by atoms with Gasteiger partial charge in [-0.05, 0) is 37.7 Å². The number of aryl methyl sites for hydroxylation is 1. The van der Waals surface area contributed by atoms with Crippen LogP contribution in [0.2, 0.25) is 5.02 Å². The molecule has 1 N–H and O–H groups in total. The minimum Gasteiger partial charge on any atom is -0.462 e. The highest BCUT2D eigenvalue weighted by Crippen LogP contribution is 2.38. The summed E-state index contributed by atoms with van der Waals surface area (Å²) in [4.78, 5) is 26.5. The Morgan fingerprint density at radius 2 is 2.19 bits per heavy atom. The molecule has 0 saturated heterocycles. The molecule has 0 radical (unpaired) electrons. The number of nitrogens with one attached hydrogen (secondary N) is 1. The lowest BCUT2D eigenvalue weighted by Gasteiger charge is -2.14. The number of esters is 1. The van der Waals surface area contributed by atoms with Crippen LogP contribution >= 0.6 is 22.9 Å². The van der Waals surface area contributed by atoms with Gasteiger partial charge >= 0.3 is 5.97 Å². The van der Waals surface area contributed by atoms with Gasteiger partial charge < -0.3 is 10.1 Å². The molecule has 1 aliphatic rings. The highest BCUT2D eigenvalue weighted by atomic mass is 35.5. The van der Waals surface area contributed by atoms with Crippen molar-refractivity contribution in [1.82, 2.24) is 9.78 Å². The van der Waals surface area contributed by atoms with Crippen LogP contribution in [0.3, 0.4) is 0 Å². The van der Waals surface area contributed by atoms with Gasteiger partial charge in [-0.1, -0.05) is 25.4 Å². The number of nitrogens with zero attached hydrogens (tertiary/aromatic N) is 2. The minimum atomic E-state index is -0.335. The number of aromatic nitrogens is 2. The molecular formula is C19H24ClN3O3S. The number of thiophene rings is 1. The average molecular weight is 410 g/mol. The third kappa shape index (κ3) is 4.71. The Labute approximate surface area is 167 Å². The minimum absolute atomic E-state index is 0.148. The van der Waals surface area contributed by atoms with E-state index in [-0.39, 0.29) is 17.8 Å². The number of hydrogen-bond acceptors (Lipinski definition) is 5. The van der Waals surface area contributed by atoms with Gasteiger partial charge in [0.25, 0.3) is 0 Å². The van der Waals surface area contributed by atoms with Crippen LogP contribution in [-0.4, -0.2) is 28.3 Å². The molecule has 3 rings (SSSR count). The summed E-state index contributed by atoms with van der Waals surface area (Å²) in [6, 6.07) is 0. The summed E-state index contributed by atoms with van der Waals surface area (Å²) in [5.41, 5.74) is 1.60. The summed E-state index contributed by atoms with van der Waals surface area (Å²) in [5, 5.41) is 8.21. The first-order valence-electron chi connectivity index (χ1n) is 9.30. The molecule has 8 heteroatoms. The van der Waals surface area contributed by atoms with Crippen LogP contribution in [0, 0.1) is 5.92 Å². The van der Waals surface area contributed by atoms with Crippen molar-refractivity contribution in [1.29, 1.82) is 0 Å². The first kappa shape index (κ1) is 19.9. The largest absolute Gasteiger partial charge is 0.462 e. The number of rotatable bonds is 7. The Hall–Kier alpha value is -1.86. The Bertz CT molecular complexity index is 830. The van der Waals surface area contributed by atoms with Crippen LogP contribution in [-0.2, 0) is 28.9 Å². The van der Waals surface area contributed by atoms with E-state index in [1.165, 1.54) is 16.2 Å². The average Bonchev–Trinajstić information content (AvgIpc) is 3.22. The number of anilines is 1. The van der Waals surface area contributed by atoms with Crippen LogP contribution < -0.4 is 5.32 Å². The van der Waals surface area contributed by atoms with Crippen LogP contribution in [0.5, 0.6) is 0 Å². The fourth-order valence-corrected chi connectivity index (χ4v) is 4.61. The first-order chi connectivity index (χ1) is 13.0. The number of carbonyl (C=O) groups excluding carboxylic acids is 2. The number of ether oxygens (including phenoxy) is 1. The smallest absolute Gasteiger partial charge is 0.341 e. The molecule has 1 atom stereocenters. The van der Waals surface area contributed by atoms with E-state index in [4.69, 9.17) is 16.3 Å². The monoisotopic (exact) mass is 409 g/mol. The maximum absolute atomic E-state index is 12.7. The van der Waals surface area contributed by atoms with Gasteiger partial charge in [0, 0.05) is 11.1 Å². The topological polar surface area (TPSA) is 73.2 Å². The van der Waals surface area contributed by atoms with Crippen LogP contribution in [0.1, 0.15) is 53.9 Å². The van der Waals surface area contributed by atoms with Crippen LogP contribution in [0.25, 0.3) is 0 Å². The Kier molecular flexibility index (Phi) is 6.55. The second-order valence-electron chi connectivity index (χ2n) is 6.82. The molecular weight excluding hydrogens is 386 g/mol. The fourth-order valence-electron chi connectivity index (χ4n) is 3.17. The van der Waals surface area contributed by atoms with E-state index in [1.807, 2.05) is 13.8 Å². The number of hydrogen-bond donors (Lipinski definition) is 1. The van der Waals surface area contributed by atoms with Crippen molar-refractivity contribution in [3.8, 4) is 0 Å². The SMILES string of the molecule is CCCOC(=O)c1c(NC(=O)C(C)Cn2cc(Cl)cn2)sc2c1CCCC2. The van der Waals surface area contributed by atoms with Crippen molar-refractivity contribution in [2.75, 3.05) is 11.9 Å². The molecule has 27 heavy (non-hydrogen) atoms. The van der Waals surface area contributed by atoms with Gasteiger partial charge in [0.1, 0.15) is 5.00 Å². The number of halogens is 1. The van der Waals surface area contributed by atoms with Crippen LogP contribution in [0.4, 0.5) is 5.00 Å². The normalized spacial score (nSPS) is 14.5. The number of carbonyl (C=O) groups is 2. The molecule has 0 aromatic carbocycles. The van der Waals surface area contributed by atoms with Crippen molar-refractivity contribution in [3.63, 3.8) is 0 Å². The molecule has 0 bridgehead atoms. The maximum Gasteiger partial charge on any atom is 0.341 e. The zero-order chi connectivity index (χ0) is 19.4. The highest BCUT2D eigenvalue weighted by molar-refractivity contribution is 7.17. The third-order valence-corrected chi connectivity index (χ3v) is 5.96. The number of fused-ring (bicyclic) bond motifs is 1. The van der Waals surface area contributed by atoms with E-state index < -0.39 is 0 Å². The van der Waals surface area contributed by atoms with Gasteiger partial charge in [-0.2, -0.15) is 5.10 Å². The standard InChI is InChI=1S/C19H24ClN3O3S/c1-3-8-26-19(25)16-14-6-4-5-7-15(14)27-18(16)22-17(24)12(2)10-23-11-13(20)9-21-23/h9,11-12H,3-8,10H2,1-2H3,(H,22,24). The zero-order valence-electron chi connectivity index (χ0n) is 15.6. The van der Waals surface area contributed by atoms with Crippen molar-refractivity contribution in [2.45, 2.75) is 52.5 Å². The van der Waals surface area contributed by atoms with E-state index in [0.717, 1.165) is 37.7 Å². The lowest BCUT2D eigenvalue weighted by Crippen LogP contribution is -2.25. The predicted molar refractivity (Wildman–Crippen MR) is 107 cm³/mol. The first-order valence-corrected chi connectivity index (χ1v) is 10.5. The third-order valence-electron chi connectivity index (χ3n) is 4.56. The van der Waals surface area contributed by atoms with Crippen LogP contribution in [0.15, 0.2) is 12.4 Å². The molecule has 1 amide bonds. The summed E-state index contributed by atoms with van der Waals surface area (Å²) in [6.45, 7) is 4.59. The molecule has 0 aliphatic heterocycles. The highest BCUT2D eigenvalue weighted by Gasteiger charge is 2.28. The van der Waals surface area contributed by atoms with Gasteiger partial charge in [-0.25, -0.2) is 4.79 Å². The maximum atomic E-state index is 12.7. The Balaban J connectivity index is 1.77. The van der Waals surface area contributed by atoms with Gasteiger partial charge in [0.05, 0.1) is 35.9 Å². The summed E-state index contributed by atoms with van der Waals surface area (Å²) in [6.07, 6.45) is 7.97. The fraction of sp³-hybridized carbons (Fsp3) is 0.526. The van der Waals surface area contributed by atoms with Gasteiger partial charge in [-0.15, -0.1) is 11.3 Å². The molecule has 0 fully saturated rings. The molecule has 1 unspecified atom stereocenters. The van der Waals surface area contributed by atoms with E-state index >= 15 is 0 Å². The quantitative estimate of drug-likeness (QED) is 0.691.